The quantitative estimate of drug-likeness (QED) is 0.883. The number of nitrogens with zero attached hydrogens (tertiary/aromatic N) is 1. The SMILES string of the molecule is O=C(NCC(O)(c1ccccc1)C1CC1)c1cccnc1. The minimum Gasteiger partial charge on any atom is -0.383 e. The van der Waals surface area contributed by atoms with Crippen LogP contribution >= 0.6 is 0 Å². The second kappa shape index (κ2) is 5.66. The second-order valence-corrected chi connectivity index (χ2v) is 5.49. The molecule has 1 heterocycles. The first-order chi connectivity index (χ1) is 10.2. The summed E-state index contributed by atoms with van der Waals surface area (Å²) in [4.78, 5) is 16.0. The van der Waals surface area contributed by atoms with Gasteiger partial charge in [-0.3, -0.25) is 9.78 Å². The lowest BCUT2D eigenvalue weighted by Gasteiger charge is -2.29. The van der Waals surface area contributed by atoms with E-state index < -0.39 is 5.60 Å². The molecule has 0 saturated heterocycles. The summed E-state index contributed by atoms with van der Waals surface area (Å²) in [6.45, 7) is 0.218. The zero-order valence-corrected chi connectivity index (χ0v) is 11.7. The number of amides is 1. The minimum absolute atomic E-state index is 0.210. The van der Waals surface area contributed by atoms with Gasteiger partial charge in [0.05, 0.1) is 12.1 Å². The number of aromatic nitrogens is 1. The third-order valence-electron chi connectivity index (χ3n) is 3.97. The van der Waals surface area contributed by atoms with Crippen molar-refractivity contribution in [3.63, 3.8) is 0 Å². The lowest BCUT2D eigenvalue weighted by atomic mass is 9.88. The molecule has 1 aromatic heterocycles. The summed E-state index contributed by atoms with van der Waals surface area (Å²) in [5.41, 5.74) is 0.377. The molecule has 4 heteroatoms. The zero-order chi connectivity index (χ0) is 14.7. The number of benzene rings is 1. The van der Waals surface area contributed by atoms with E-state index in [-0.39, 0.29) is 18.4 Å². The van der Waals surface area contributed by atoms with Crippen LogP contribution in [-0.4, -0.2) is 22.5 Å². The predicted octanol–water partition coefficient (Wildman–Crippen LogP) is 2.11. The van der Waals surface area contributed by atoms with Crippen molar-refractivity contribution in [3.05, 3.63) is 66.0 Å². The van der Waals surface area contributed by atoms with Gasteiger partial charge in [0.15, 0.2) is 0 Å². The van der Waals surface area contributed by atoms with Gasteiger partial charge < -0.3 is 10.4 Å². The number of aliphatic hydroxyl groups is 1. The standard InChI is InChI=1S/C17H18N2O2/c20-16(13-5-4-10-18-11-13)19-12-17(21,15-8-9-15)14-6-2-1-3-7-14/h1-7,10-11,15,21H,8-9,12H2,(H,19,20). The van der Waals surface area contributed by atoms with E-state index in [0.717, 1.165) is 18.4 Å². The molecule has 1 aliphatic carbocycles. The molecule has 3 rings (SSSR count). The van der Waals surface area contributed by atoms with Gasteiger partial charge in [-0.1, -0.05) is 30.3 Å². The first kappa shape index (κ1) is 13.8. The summed E-state index contributed by atoms with van der Waals surface area (Å²) in [5, 5.41) is 13.8. The first-order valence-corrected chi connectivity index (χ1v) is 7.16. The highest BCUT2D eigenvalue weighted by Crippen LogP contribution is 2.45. The third kappa shape index (κ3) is 2.95. The molecule has 0 spiro atoms. The summed E-state index contributed by atoms with van der Waals surface area (Å²) < 4.78 is 0. The van der Waals surface area contributed by atoms with Crippen LogP contribution in [0.2, 0.25) is 0 Å². The maximum atomic E-state index is 12.1. The fraction of sp³-hybridized carbons (Fsp3) is 0.294. The maximum Gasteiger partial charge on any atom is 0.252 e. The van der Waals surface area contributed by atoms with Gasteiger partial charge in [0, 0.05) is 12.4 Å². The lowest BCUT2D eigenvalue weighted by molar-refractivity contribution is 0.0135. The van der Waals surface area contributed by atoms with Crippen LogP contribution in [0.3, 0.4) is 0 Å². The molecule has 1 saturated carbocycles. The van der Waals surface area contributed by atoms with Crippen molar-refractivity contribution in [2.75, 3.05) is 6.54 Å². The number of nitrogens with one attached hydrogen (secondary N) is 1. The van der Waals surface area contributed by atoms with E-state index >= 15 is 0 Å². The van der Waals surface area contributed by atoms with Gasteiger partial charge in [-0.2, -0.15) is 0 Å². The Hall–Kier alpha value is -2.20. The van der Waals surface area contributed by atoms with Gasteiger partial charge in [-0.15, -0.1) is 0 Å². The van der Waals surface area contributed by atoms with Crippen LogP contribution in [0.4, 0.5) is 0 Å². The van der Waals surface area contributed by atoms with Gasteiger partial charge >= 0.3 is 0 Å². The Bertz CT molecular complexity index is 611. The molecule has 0 bridgehead atoms. The molecule has 4 nitrogen and oxygen atoms in total. The molecule has 0 radical (unpaired) electrons. The summed E-state index contributed by atoms with van der Waals surface area (Å²) >= 11 is 0. The molecule has 1 amide bonds. The molecule has 1 fully saturated rings. The van der Waals surface area contributed by atoms with E-state index in [1.807, 2.05) is 30.3 Å². The topological polar surface area (TPSA) is 62.2 Å². The van der Waals surface area contributed by atoms with E-state index in [0.29, 0.717) is 5.56 Å². The molecule has 1 atom stereocenters. The van der Waals surface area contributed by atoms with Crippen LogP contribution in [0, 0.1) is 5.92 Å². The number of rotatable bonds is 5. The highest BCUT2D eigenvalue weighted by atomic mass is 16.3. The first-order valence-electron chi connectivity index (χ1n) is 7.16. The van der Waals surface area contributed by atoms with Gasteiger partial charge in [0.25, 0.3) is 5.91 Å². The fourth-order valence-electron chi connectivity index (χ4n) is 2.58. The highest BCUT2D eigenvalue weighted by Gasteiger charge is 2.45. The maximum absolute atomic E-state index is 12.1. The van der Waals surface area contributed by atoms with Gasteiger partial charge in [-0.25, -0.2) is 0 Å². The van der Waals surface area contributed by atoms with Crippen molar-refractivity contribution in [2.24, 2.45) is 5.92 Å². The average Bonchev–Trinajstić information content (AvgIpc) is 3.39. The number of hydrogen-bond acceptors (Lipinski definition) is 3. The summed E-state index contributed by atoms with van der Waals surface area (Å²) in [7, 11) is 0. The van der Waals surface area contributed by atoms with Crippen molar-refractivity contribution in [3.8, 4) is 0 Å². The number of carbonyl (C=O) groups excluding carboxylic acids is 1. The summed E-state index contributed by atoms with van der Waals surface area (Å²) in [6.07, 6.45) is 5.14. The van der Waals surface area contributed by atoms with Crippen molar-refractivity contribution in [2.45, 2.75) is 18.4 Å². The second-order valence-electron chi connectivity index (χ2n) is 5.49. The molecule has 0 aliphatic heterocycles. The molecule has 1 unspecified atom stereocenters. The van der Waals surface area contributed by atoms with E-state index in [4.69, 9.17) is 0 Å². The van der Waals surface area contributed by atoms with E-state index in [2.05, 4.69) is 10.3 Å². The largest absolute Gasteiger partial charge is 0.383 e. The van der Waals surface area contributed by atoms with Crippen molar-refractivity contribution >= 4 is 5.91 Å². The Balaban J connectivity index is 1.73. The van der Waals surface area contributed by atoms with E-state index in [1.54, 1.807) is 18.3 Å². The summed E-state index contributed by atoms with van der Waals surface area (Å²) in [5.74, 6) is 0.00667. The molecule has 21 heavy (non-hydrogen) atoms. The van der Waals surface area contributed by atoms with Crippen LogP contribution in [0.15, 0.2) is 54.9 Å². The minimum atomic E-state index is -0.987. The Kier molecular flexibility index (Phi) is 3.71. The van der Waals surface area contributed by atoms with E-state index in [9.17, 15) is 9.90 Å². The predicted molar refractivity (Wildman–Crippen MR) is 79.6 cm³/mol. The number of pyridine rings is 1. The number of hydrogen-bond donors (Lipinski definition) is 2. The molecular formula is C17H18N2O2. The fourth-order valence-corrected chi connectivity index (χ4v) is 2.58. The van der Waals surface area contributed by atoms with Crippen molar-refractivity contribution in [1.82, 2.24) is 10.3 Å². The van der Waals surface area contributed by atoms with Crippen LogP contribution in [0.25, 0.3) is 0 Å². The highest BCUT2D eigenvalue weighted by molar-refractivity contribution is 5.93. The average molecular weight is 282 g/mol. The van der Waals surface area contributed by atoms with Gasteiger partial charge in [-0.05, 0) is 36.5 Å². The number of carbonyl (C=O) groups is 1. The Morgan fingerprint density at radius 3 is 2.62 bits per heavy atom. The smallest absolute Gasteiger partial charge is 0.252 e. The zero-order valence-electron chi connectivity index (χ0n) is 11.7. The molecule has 108 valence electrons. The summed E-state index contributed by atoms with van der Waals surface area (Å²) in [6, 6.07) is 13.0. The van der Waals surface area contributed by atoms with Crippen molar-refractivity contribution in [1.29, 1.82) is 0 Å². The normalized spacial score (nSPS) is 17.0. The third-order valence-corrected chi connectivity index (χ3v) is 3.97. The molecule has 2 N–H and O–H groups in total. The molecule has 1 aliphatic rings. The lowest BCUT2D eigenvalue weighted by Crippen LogP contribution is -2.42. The van der Waals surface area contributed by atoms with Crippen LogP contribution in [-0.2, 0) is 5.60 Å². The van der Waals surface area contributed by atoms with E-state index in [1.165, 1.54) is 6.20 Å². The molecular weight excluding hydrogens is 264 g/mol. The van der Waals surface area contributed by atoms with Crippen LogP contribution < -0.4 is 5.32 Å². The monoisotopic (exact) mass is 282 g/mol. The Labute approximate surface area is 123 Å². The van der Waals surface area contributed by atoms with Crippen LogP contribution in [0.5, 0.6) is 0 Å². The van der Waals surface area contributed by atoms with Crippen LogP contribution in [0.1, 0.15) is 28.8 Å². The molecule has 1 aromatic carbocycles. The van der Waals surface area contributed by atoms with Gasteiger partial charge in [0.1, 0.15) is 5.60 Å². The Morgan fingerprint density at radius 1 is 1.24 bits per heavy atom. The Morgan fingerprint density at radius 2 is 2.00 bits per heavy atom. The van der Waals surface area contributed by atoms with Gasteiger partial charge in [0.2, 0.25) is 0 Å². The van der Waals surface area contributed by atoms with Crippen molar-refractivity contribution < 1.29 is 9.90 Å². The molecule has 2 aromatic rings.